The molecule has 0 saturated heterocycles. The molecular weight excluding hydrogens is 388 g/mol. The van der Waals surface area contributed by atoms with Crippen molar-refractivity contribution in [2.75, 3.05) is 0 Å². The van der Waals surface area contributed by atoms with Crippen LogP contribution in [0.1, 0.15) is 81.9 Å². The Balaban J connectivity index is 1.68. The van der Waals surface area contributed by atoms with E-state index in [1.165, 1.54) is 49.7 Å². The third kappa shape index (κ3) is 7.29. The molecule has 1 atom stereocenters. The van der Waals surface area contributed by atoms with E-state index >= 15 is 0 Å². The topological polar surface area (TPSA) is 24.7 Å². The molecule has 0 N–H and O–H groups in total. The quantitative estimate of drug-likeness (QED) is 0.149. The molecule has 1 aliphatic rings. The fourth-order valence-corrected chi connectivity index (χ4v) is 5.02. The first-order valence-corrected chi connectivity index (χ1v) is 12.6. The van der Waals surface area contributed by atoms with Crippen molar-refractivity contribution in [3.63, 3.8) is 0 Å². The number of allylic oxidation sites excluding steroid dienone is 1. The molecule has 1 aliphatic carbocycles. The molecule has 1 saturated carbocycles. The minimum atomic E-state index is 0.506. The Hall–Kier alpha value is -2.48. The summed E-state index contributed by atoms with van der Waals surface area (Å²) in [5.41, 5.74) is 4.84. The van der Waals surface area contributed by atoms with Gasteiger partial charge in [-0.1, -0.05) is 87.4 Å². The van der Waals surface area contributed by atoms with E-state index in [9.17, 15) is 0 Å². The SMILES string of the molecule is C=CCCCc1ccc(C=NN=C(c2ccccc2)C2CCC(C(C)CCC)CC2)cc1. The van der Waals surface area contributed by atoms with Gasteiger partial charge in [0.2, 0.25) is 0 Å². The molecule has 1 unspecified atom stereocenters. The Bertz CT molecular complexity index is 855. The minimum absolute atomic E-state index is 0.506. The Morgan fingerprint density at radius 1 is 1.03 bits per heavy atom. The largest absolute Gasteiger partial charge is 0.158 e. The first-order chi connectivity index (χ1) is 15.7. The molecule has 32 heavy (non-hydrogen) atoms. The van der Waals surface area contributed by atoms with Crippen LogP contribution in [-0.2, 0) is 6.42 Å². The van der Waals surface area contributed by atoms with Crippen LogP contribution in [0.2, 0.25) is 0 Å². The lowest BCUT2D eigenvalue weighted by Gasteiger charge is -2.32. The van der Waals surface area contributed by atoms with Crippen LogP contribution in [0.5, 0.6) is 0 Å². The van der Waals surface area contributed by atoms with Gasteiger partial charge in [-0.05, 0) is 73.5 Å². The fourth-order valence-electron chi connectivity index (χ4n) is 5.02. The summed E-state index contributed by atoms with van der Waals surface area (Å²) < 4.78 is 0. The molecule has 2 heteroatoms. The molecule has 0 heterocycles. The van der Waals surface area contributed by atoms with E-state index in [1.807, 2.05) is 12.3 Å². The normalized spacial score (nSPS) is 20.4. The summed E-state index contributed by atoms with van der Waals surface area (Å²) in [6, 6.07) is 19.3. The second-order valence-electron chi connectivity index (χ2n) is 9.40. The van der Waals surface area contributed by atoms with Crippen molar-refractivity contribution in [1.29, 1.82) is 0 Å². The molecule has 0 amide bonds. The molecular formula is C30H40N2. The van der Waals surface area contributed by atoms with Crippen LogP contribution in [0.25, 0.3) is 0 Å². The van der Waals surface area contributed by atoms with Gasteiger partial charge in [0.15, 0.2) is 0 Å². The highest BCUT2D eigenvalue weighted by Gasteiger charge is 2.28. The standard InChI is InChI=1S/C30H40N2/c1-4-6-8-12-25-15-17-26(18-16-25)23-31-32-30(28-13-9-7-10-14-28)29-21-19-27(20-22-29)24(3)11-5-2/h4,7,9-10,13-18,23-24,27,29H,1,5-6,8,11-12,19-22H2,2-3H3. The lowest BCUT2D eigenvalue weighted by atomic mass is 9.73. The molecule has 170 valence electrons. The van der Waals surface area contributed by atoms with Gasteiger partial charge in [0.1, 0.15) is 0 Å². The maximum Gasteiger partial charge on any atom is 0.0733 e. The summed E-state index contributed by atoms with van der Waals surface area (Å²) >= 11 is 0. The number of benzene rings is 2. The molecule has 2 aromatic carbocycles. The summed E-state index contributed by atoms with van der Waals surface area (Å²) in [4.78, 5) is 0. The van der Waals surface area contributed by atoms with Gasteiger partial charge in [-0.2, -0.15) is 10.2 Å². The molecule has 0 radical (unpaired) electrons. The number of aryl methyl sites for hydroxylation is 1. The van der Waals surface area contributed by atoms with Crippen LogP contribution < -0.4 is 0 Å². The molecule has 0 spiro atoms. The van der Waals surface area contributed by atoms with Gasteiger partial charge in [-0.15, -0.1) is 6.58 Å². The second-order valence-corrected chi connectivity index (χ2v) is 9.40. The Morgan fingerprint density at radius 3 is 2.41 bits per heavy atom. The van der Waals surface area contributed by atoms with E-state index in [0.717, 1.165) is 42.4 Å². The van der Waals surface area contributed by atoms with Crippen molar-refractivity contribution in [1.82, 2.24) is 0 Å². The van der Waals surface area contributed by atoms with Gasteiger partial charge >= 0.3 is 0 Å². The number of rotatable bonds is 11. The van der Waals surface area contributed by atoms with Crippen LogP contribution in [-0.4, -0.2) is 11.9 Å². The lowest BCUT2D eigenvalue weighted by molar-refractivity contribution is 0.232. The molecule has 3 rings (SSSR count). The van der Waals surface area contributed by atoms with E-state index in [4.69, 9.17) is 5.10 Å². The zero-order valence-electron chi connectivity index (χ0n) is 20.0. The smallest absolute Gasteiger partial charge is 0.0733 e. The zero-order chi connectivity index (χ0) is 22.6. The molecule has 2 aromatic rings. The summed E-state index contributed by atoms with van der Waals surface area (Å²) in [7, 11) is 0. The van der Waals surface area contributed by atoms with E-state index < -0.39 is 0 Å². The highest BCUT2D eigenvalue weighted by molar-refractivity contribution is 6.02. The van der Waals surface area contributed by atoms with Gasteiger partial charge in [0, 0.05) is 5.92 Å². The summed E-state index contributed by atoms with van der Waals surface area (Å²) in [6.45, 7) is 8.54. The lowest BCUT2D eigenvalue weighted by Crippen LogP contribution is -2.25. The molecule has 2 nitrogen and oxygen atoms in total. The summed E-state index contributed by atoms with van der Waals surface area (Å²) in [5, 5.41) is 9.31. The number of unbranched alkanes of at least 4 members (excludes halogenated alkanes) is 1. The predicted molar refractivity (Wildman–Crippen MR) is 140 cm³/mol. The third-order valence-corrected chi connectivity index (χ3v) is 7.00. The maximum atomic E-state index is 4.78. The second kappa shape index (κ2) is 13.2. The van der Waals surface area contributed by atoms with E-state index in [2.05, 4.69) is 80.1 Å². The summed E-state index contributed by atoms with van der Waals surface area (Å²) in [6.07, 6.45) is 14.9. The summed E-state index contributed by atoms with van der Waals surface area (Å²) in [5.74, 6) is 2.22. The van der Waals surface area contributed by atoms with Gasteiger partial charge in [0.05, 0.1) is 11.9 Å². The maximum absolute atomic E-state index is 4.78. The van der Waals surface area contributed by atoms with Crippen molar-refractivity contribution in [2.45, 2.75) is 71.6 Å². The van der Waals surface area contributed by atoms with E-state index in [1.54, 1.807) is 0 Å². The van der Waals surface area contributed by atoms with Crippen LogP contribution in [0, 0.1) is 17.8 Å². The molecule has 1 fully saturated rings. The monoisotopic (exact) mass is 428 g/mol. The van der Waals surface area contributed by atoms with Crippen LogP contribution in [0.3, 0.4) is 0 Å². The first-order valence-electron chi connectivity index (χ1n) is 12.6. The molecule has 0 bridgehead atoms. The van der Waals surface area contributed by atoms with Crippen LogP contribution >= 0.6 is 0 Å². The number of hydrogen-bond donors (Lipinski definition) is 0. The minimum Gasteiger partial charge on any atom is -0.158 e. The van der Waals surface area contributed by atoms with Crippen molar-refractivity contribution < 1.29 is 0 Å². The molecule has 0 aromatic heterocycles. The van der Waals surface area contributed by atoms with Gasteiger partial charge in [0.25, 0.3) is 0 Å². The van der Waals surface area contributed by atoms with Gasteiger partial charge in [-0.3, -0.25) is 0 Å². The fraction of sp³-hybridized carbons (Fsp3) is 0.467. The zero-order valence-corrected chi connectivity index (χ0v) is 20.0. The first kappa shape index (κ1) is 24.2. The predicted octanol–water partition coefficient (Wildman–Crippen LogP) is 8.26. The van der Waals surface area contributed by atoms with Crippen LogP contribution in [0.15, 0.2) is 77.5 Å². The Kier molecular flexibility index (Phi) is 9.94. The van der Waals surface area contributed by atoms with Gasteiger partial charge in [-0.25, -0.2) is 0 Å². The van der Waals surface area contributed by atoms with Crippen molar-refractivity contribution in [2.24, 2.45) is 28.0 Å². The number of hydrogen-bond acceptors (Lipinski definition) is 2. The van der Waals surface area contributed by atoms with Crippen molar-refractivity contribution >= 4 is 11.9 Å². The Labute approximate surface area is 195 Å². The van der Waals surface area contributed by atoms with E-state index in [-0.39, 0.29) is 0 Å². The number of nitrogens with zero attached hydrogens (tertiary/aromatic N) is 2. The third-order valence-electron chi connectivity index (χ3n) is 7.00. The van der Waals surface area contributed by atoms with Crippen LogP contribution in [0.4, 0.5) is 0 Å². The average molecular weight is 429 g/mol. The van der Waals surface area contributed by atoms with Crippen molar-refractivity contribution in [3.05, 3.63) is 83.9 Å². The molecule has 0 aliphatic heterocycles. The Morgan fingerprint density at radius 2 is 1.75 bits per heavy atom. The van der Waals surface area contributed by atoms with E-state index in [0.29, 0.717) is 5.92 Å². The highest BCUT2D eigenvalue weighted by Crippen LogP contribution is 2.36. The van der Waals surface area contributed by atoms with Gasteiger partial charge < -0.3 is 0 Å². The highest BCUT2D eigenvalue weighted by atomic mass is 15.2. The van der Waals surface area contributed by atoms with Crippen molar-refractivity contribution in [3.8, 4) is 0 Å². The average Bonchev–Trinajstić information content (AvgIpc) is 2.84.